The van der Waals surface area contributed by atoms with Gasteiger partial charge in [0, 0.05) is 17.8 Å². The van der Waals surface area contributed by atoms with Crippen LogP contribution < -0.4 is 5.56 Å². The molecule has 0 saturated carbocycles. The topological polar surface area (TPSA) is 76.5 Å². The molecule has 0 aromatic carbocycles. The Morgan fingerprint density at radius 2 is 2.20 bits per heavy atom. The van der Waals surface area contributed by atoms with Crippen molar-refractivity contribution in [1.82, 2.24) is 14.6 Å². The van der Waals surface area contributed by atoms with Crippen LogP contribution in [0.3, 0.4) is 0 Å². The predicted octanol–water partition coefficient (Wildman–Crippen LogP) is 1.15. The van der Waals surface area contributed by atoms with E-state index in [-0.39, 0.29) is 24.2 Å². The van der Waals surface area contributed by atoms with Gasteiger partial charge in [0.15, 0.2) is 5.65 Å². The molecule has 0 saturated heterocycles. The number of hydrogen-bond donors (Lipinski definition) is 1. The zero-order valence-electron chi connectivity index (χ0n) is 10.3. The standard InChI is InChI=1S/C11H10F3N3O3/c1-2-20-9(18)3-6-5-15-8-4-7(11(12,13)14)16-17(8)10(6)19/h4-5,16H,2-3H2,1H3. The van der Waals surface area contributed by atoms with Crippen molar-refractivity contribution in [3.05, 3.63) is 33.9 Å². The fraction of sp³-hybridized carbons (Fsp3) is 0.364. The number of ether oxygens (including phenoxy) is 1. The highest BCUT2D eigenvalue weighted by atomic mass is 19.4. The van der Waals surface area contributed by atoms with Gasteiger partial charge in [0.05, 0.1) is 13.0 Å². The molecule has 0 amide bonds. The van der Waals surface area contributed by atoms with E-state index in [9.17, 15) is 22.8 Å². The summed E-state index contributed by atoms with van der Waals surface area (Å²) in [5.74, 6) is -0.644. The van der Waals surface area contributed by atoms with Crippen molar-refractivity contribution < 1.29 is 22.7 Å². The molecule has 6 nitrogen and oxygen atoms in total. The van der Waals surface area contributed by atoms with Crippen LogP contribution in [0, 0.1) is 0 Å². The van der Waals surface area contributed by atoms with E-state index in [1.54, 1.807) is 6.92 Å². The van der Waals surface area contributed by atoms with Crippen LogP contribution in [0.4, 0.5) is 13.2 Å². The summed E-state index contributed by atoms with van der Waals surface area (Å²) in [6, 6.07) is 0.718. The number of rotatable bonds is 3. The second-order valence-electron chi connectivity index (χ2n) is 3.93. The van der Waals surface area contributed by atoms with Crippen LogP contribution >= 0.6 is 0 Å². The van der Waals surface area contributed by atoms with Crippen molar-refractivity contribution in [1.29, 1.82) is 0 Å². The SMILES string of the molecule is CCOC(=O)Cc1cnc2cc(C(F)(F)F)[nH]n2c1=O. The van der Waals surface area contributed by atoms with Gasteiger partial charge in [0.2, 0.25) is 0 Å². The smallest absolute Gasteiger partial charge is 0.432 e. The lowest BCUT2D eigenvalue weighted by molar-refractivity contribution is -0.142. The van der Waals surface area contributed by atoms with Crippen LogP contribution in [-0.4, -0.2) is 27.2 Å². The zero-order chi connectivity index (χ0) is 14.9. The first-order valence-electron chi connectivity index (χ1n) is 5.65. The molecule has 1 N–H and O–H groups in total. The quantitative estimate of drug-likeness (QED) is 0.860. The lowest BCUT2D eigenvalue weighted by Crippen LogP contribution is -2.23. The number of H-pyrrole nitrogens is 1. The van der Waals surface area contributed by atoms with Crippen molar-refractivity contribution in [2.24, 2.45) is 0 Å². The second-order valence-corrected chi connectivity index (χ2v) is 3.93. The summed E-state index contributed by atoms with van der Waals surface area (Å²) in [4.78, 5) is 26.9. The molecule has 0 radical (unpaired) electrons. The van der Waals surface area contributed by atoms with E-state index in [2.05, 4.69) is 9.72 Å². The number of hydrogen-bond acceptors (Lipinski definition) is 4. The maximum Gasteiger partial charge on any atom is 0.432 e. The molecule has 2 aromatic heterocycles. The Kier molecular flexibility index (Phi) is 3.51. The summed E-state index contributed by atoms with van der Waals surface area (Å²) in [6.45, 7) is 1.75. The lowest BCUT2D eigenvalue weighted by Gasteiger charge is -2.02. The van der Waals surface area contributed by atoms with Crippen molar-refractivity contribution in [2.75, 3.05) is 6.61 Å². The Balaban J connectivity index is 2.43. The summed E-state index contributed by atoms with van der Waals surface area (Å²) in [5.41, 5.74) is -2.07. The van der Waals surface area contributed by atoms with Crippen molar-refractivity contribution in [3.8, 4) is 0 Å². The van der Waals surface area contributed by atoms with Crippen molar-refractivity contribution in [2.45, 2.75) is 19.5 Å². The van der Waals surface area contributed by atoms with E-state index in [0.29, 0.717) is 4.52 Å². The summed E-state index contributed by atoms with van der Waals surface area (Å²) >= 11 is 0. The van der Waals surface area contributed by atoms with E-state index in [1.165, 1.54) is 0 Å². The number of carbonyl (C=O) groups is 1. The normalized spacial score (nSPS) is 11.8. The molecule has 2 aromatic rings. The van der Waals surface area contributed by atoms with Gasteiger partial charge in [-0.15, -0.1) is 0 Å². The van der Waals surface area contributed by atoms with E-state index in [1.807, 2.05) is 5.10 Å². The Morgan fingerprint density at radius 3 is 2.80 bits per heavy atom. The third-order valence-corrected chi connectivity index (χ3v) is 2.51. The average Bonchev–Trinajstić information content (AvgIpc) is 2.78. The molecule has 108 valence electrons. The predicted molar refractivity (Wildman–Crippen MR) is 61.2 cm³/mol. The maximum absolute atomic E-state index is 12.5. The molecule has 0 unspecified atom stereocenters. The number of aromatic nitrogens is 3. The highest BCUT2D eigenvalue weighted by Gasteiger charge is 2.33. The van der Waals surface area contributed by atoms with Crippen LogP contribution in [0.25, 0.3) is 5.65 Å². The van der Waals surface area contributed by atoms with Crippen LogP contribution in [0.2, 0.25) is 0 Å². The molecule has 9 heteroatoms. The third-order valence-electron chi connectivity index (χ3n) is 2.51. The number of nitrogens with one attached hydrogen (secondary N) is 1. The van der Waals surface area contributed by atoms with Gasteiger partial charge < -0.3 is 4.74 Å². The third kappa shape index (κ3) is 2.65. The number of alkyl halides is 3. The number of carbonyl (C=O) groups excluding carboxylic acids is 1. The zero-order valence-corrected chi connectivity index (χ0v) is 10.3. The van der Waals surface area contributed by atoms with Gasteiger partial charge in [0.1, 0.15) is 5.69 Å². The Bertz CT molecular complexity index is 702. The minimum atomic E-state index is -4.61. The van der Waals surface area contributed by atoms with Gasteiger partial charge in [-0.05, 0) is 6.92 Å². The number of halogens is 3. The molecule has 0 bridgehead atoms. The molecule has 2 rings (SSSR count). The monoisotopic (exact) mass is 289 g/mol. The Labute approximate surface area is 110 Å². The molecule has 2 heterocycles. The van der Waals surface area contributed by atoms with Crippen LogP contribution in [0.5, 0.6) is 0 Å². The molecular formula is C11H10F3N3O3. The van der Waals surface area contributed by atoms with Crippen LogP contribution in [0.1, 0.15) is 18.2 Å². The van der Waals surface area contributed by atoms with Crippen LogP contribution in [0.15, 0.2) is 17.1 Å². The highest BCUT2D eigenvalue weighted by Crippen LogP contribution is 2.27. The van der Waals surface area contributed by atoms with Crippen molar-refractivity contribution >= 4 is 11.6 Å². The first kappa shape index (κ1) is 14.1. The molecule has 0 aliphatic carbocycles. The summed E-state index contributed by atoms with van der Waals surface area (Å²) < 4.78 is 42.9. The molecule has 0 spiro atoms. The fourth-order valence-corrected chi connectivity index (χ4v) is 1.63. The van der Waals surface area contributed by atoms with Gasteiger partial charge >= 0.3 is 12.1 Å². The van der Waals surface area contributed by atoms with Gasteiger partial charge in [-0.3, -0.25) is 14.7 Å². The summed E-state index contributed by atoms with van der Waals surface area (Å²) in [7, 11) is 0. The molecule has 0 aliphatic heterocycles. The van der Waals surface area contributed by atoms with E-state index < -0.39 is 23.4 Å². The first-order valence-corrected chi connectivity index (χ1v) is 5.65. The summed E-state index contributed by atoms with van der Waals surface area (Å²) in [6.07, 6.45) is -3.88. The number of nitrogens with zero attached hydrogens (tertiary/aromatic N) is 2. The average molecular weight is 289 g/mol. The summed E-state index contributed by atoms with van der Waals surface area (Å²) in [5, 5.41) is 1.91. The number of aromatic amines is 1. The van der Waals surface area contributed by atoms with Gasteiger partial charge in [-0.2, -0.15) is 13.2 Å². The minimum absolute atomic E-state index is 0.0449. The van der Waals surface area contributed by atoms with E-state index in [4.69, 9.17) is 0 Å². The number of fused-ring (bicyclic) bond motifs is 1. The lowest BCUT2D eigenvalue weighted by atomic mass is 10.2. The molecular weight excluding hydrogens is 279 g/mol. The van der Waals surface area contributed by atoms with Crippen LogP contribution in [-0.2, 0) is 22.1 Å². The second kappa shape index (κ2) is 4.99. The largest absolute Gasteiger partial charge is 0.466 e. The Morgan fingerprint density at radius 1 is 1.50 bits per heavy atom. The molecule has 0 atom stereocenters. The maximum atomic E-state index is 12.5. The molecule has 20 heavy (non-hydrogen) atoms. The number of esters is 1. The first-order chi connectivity index (χ1) is 9.32. The van der Waals surface area contributed by atoms with E-state index >= 15 is 0 Å². The highest BCUT2D eigenvalue weighted by molar-refractivity contribution is 5.72. The van der Waals surface area contributed by atoms with Gasteiger partial charge in [-0.25, -0.2) is 9.50 Å². The van der Waals surface area contributed by atoms with Gasteiger partial charge in [-0.1, -0.05) is 0 Å². The van der Waals surface area contributed by atoms with Gasteiger partial charge in [0.25, 0.3) is 5.56 Å². The molecule has 0 fully saturated rings. The Hall–Kier alpha value is -2.32. The molecule has 0 aliphatic rings. The van der Waals surface area contributed by atoms with E-state index in [0.717, 1.165) is 12.3 Å². The fourth-order valence-electron chi connectivity index (χ4n) is 1.63. The van der Waals surface area contributed by atoms with Crippen molar-refractivity contribution in [3.63, 3.8) is 0 Å². The minimum Gasteiger partial charge on any atom is -0.466 e.